The zero-order chi connectivity index (χ0) is 41.1. The molecule has 62 heavy (non-hydrogen) atoms. The molecule has 4 heteroatoms. The average Bonchev–Trinajstić information content (AvgIpc) is 3.84. The van der Waals surface area contributed by atoms with Gasteiger partial charge in [0.2, 0.25) is 0 Å². The molecular formula is C58H40N4. The molecule has 0 bridgehead atoms. The van der Waals surface area contributed by atoms with Crippen molar-refractivity contribution in [1.82, 2.24) is 14.1 Å². The second-order valence-electron chi connectivity index (χ2n) is 17.2. The third-order valence-electron chi connectivity index (χ3n) is 13.4. The summed E-state index contributed by atoms with van der Waals surface area (Å²) in [7, 11) is 0. The van der Waals surface area contributed by atoms with Crippen molar-refractivity contribution in [3.05, 3.63) is 212 Å². The fourth-order valence-electron chi connectivity index (χ4n) is 10.6. The standard InChI is InChI=1S/C58H40N4/c1-58(2)32-34-60(37-17-4-3-5-18-37)54-36-45-43-24-15-31-53(62-50-28-12-8-21-40(50)41-22-9-13-29-51(41)62)56(43)55-42(44-25-16-33-59-57(44)46(45)35-47(54)58)23-14-30-52(55)61-48-26-10-6-19-38(48)39-20-7-11-27-49(39)61/h3-36H,1-2H3. The summed E-state index contributed by atoms with van der Waals surface area (Å²) in [6, 6.07) is 69.1. The van der Waals surface area contributed by atoms with Gasteiger partial charge in [-0.15, -0.1) is 0 Å². The maximum atomic E-state index is 5.31. The monoisotopic (exact) mass is 792 g/mol. The highest BCUT2D eigenvalue weighted by atomic mass is 15.1. The number of pyridine rings is 1. The molecule has 0 fully saturated rings. The fraction of sp³-hybridized carbons (Fsp3) is 0.0517. The van der Waals surface area contributed by atoms with Crippen LogP contribution in [0.3, 0.4) is 0 Å². The Hall–Kier alpha value is -7.95. The molecule has 1 aliphatic carbocycles. The van der Waals surface area contributed by atoms with Gasteiger partial charge in [0.1, 0.15) is 0 Å². The minimum atomic E-state index is -0.220. The number of rotatable bonds is 3. The number of nitrogens with zero attached hydrogens (tertiary/aromatic N) is 4. The lowest BCUT2D eigenvalue weighted by Gasteiger charge is -2.37. The van der Waals surface area contributed by atoms with E-state index in [9.17, 15) is 0 Å². The predicted octanol–water partition coefficient (Wildman–Crippen LogP) is 15.2. The van der Waals surface area contributed by atoms with Crippen molar-refractivity contribution in [3.63, 3.8) is 0 Å². The van der Waals surface area contributed by atoms with E-state index in [1.165, 1.54) is 66.0 Å². The maximum absolute atomic E-state index is 5.31. The van der Waals surface area contributed by atoms with Gasteiger partial charge in [0.15, 0.2) is 0 Å². The Morgan fingerprint density at radius 1 is 0.403 bits per heavy atom. The van der Waals surface area contributed by atoms with Gasteiger partial charge in [-0.3, -0.25) is 4.98 Å². The minimum absolute atomic E-state index is 0.220. The van der Waals surface area contributed by atoms with Crippen molar-refractivity contribution < 1.29 is 0 Å². The van der Waals surface area contributed by atoms with Crippen LogP contribution in [0, 0.1) is 0 Å². The lowest BCUT2D eigenvalue weighted by atomic mass is 9.76. The molecule has 4 heterocycles. The Bertz CT molecular complexity index is 3570. The van der Waals surface area contributed by atoms with Crippen LogP contribution in [0.5, 0.6) is 0 Å². The highest BCUT2D eigenvalue weighted by molar-refractivity contribution is 6.14. The molecule has 2 aliphatic rings. The molecule has 292 valence electrons. The van der Waals surface area contributed by atoms with E-state index in [0.29, 0.717) is 0 Å². The second kappa shape index (κ2) is 13.0. The number of anilines is 2. The summed E-state index contributed by atoms with van der Waals surface area (Å²) in [4.78, 5) is 7.66. The van der Waals surface area contributed by atoms with Crippen molar-refractivity contribution in [1.29, 1.82) is 0 Å². The lowest BCUT2D eigenvalue weighted by Crippen LogP contribution is -2.25. The van der Waals surface area contributed by atoms with Crippen LogP contribution in [0.25, 0.3) is 99.6 Å². The Morgan fingerprint density at radius 3 is 1.44 bits per heavy atom. The van der Waals surface area contributed by atoms with Gasteiger partial charge in [0.05, 0.1) is 44.8 Å². The quantitative estimate of drug-likeness (QED) is 0.178. The van der Waals surface area contributed by atoms with Gasteiger partial charge in [-0.25, -0.2) is 0 Å². The van der Waals surface area contributed by atoms with Gasteiger partial charge >= 0.3 is 0 Å². The zero-order valence-electron chi connectivity index (χ0n) is 34.4. The van der Waals surface area contributed by atoms with E-state index < -0.39 is 0 Å². The molecule has 0 unspecified atom stereocenters. The van der Waals surface area contributed by atoms with E-state index in [0.717, 1.165) is 50.6 Å². The van der Waals surface area contributed by atoms with Crippen LogP contribution >= 0.6 is 0 Å². The van der Waals surface area contributed by atoms with Crippen LogP contribution in [0.15, 0.2) is 207 Å². The van der Waals surface area contributed by atoms with E-state index in [2.05, 4.69) is 228 Å². The highest BCUT2D eigenvalue weighted by Crippen LogP contribution is 2.55. The molecule has 3 aromatic heterocycles. The normalized spacial score (nSPS) is 13.7. The number of fused-ring (bicyclic) bond motifs is 15. The summed E-state index contributed by atoms with van der Waals surface area (Å²) in [6.45, 7) is 4.64. The van der Waals surface area contributed by atoms with E-state index in [4.69, 9.17) is 4.98 Å². The van der Waals surface area contributed by atoms with Gasteiger partial charge in [-0.2, -0.15) is 0 Å². The number of benzene rings is 8. The van der Waals surface area contributed by atoms with E-state index in [-0.39, 0.29) is 5.41 Å². The van der Waals surface area contributed by atoms with Crippen LogP contribution in [-0.2, 0) is 5.41 Å². The molecular weight excluding hydrogens is 753 g/mol. The van der Waals surface area contributed by atoms with E-state index in [1.807, 2.05) is 6.20 Å². The average molecular weight is 793 g/mol. The van der Waals surface area contributed by atoms with Crippen molar-refractivity contribution in [2.24, 2.45) is 0 Å². The molecule has 11 aromatic rings. The Kier molecular flexibility index (Phi) is 7.32. The number of para-hydroxylation sites is 5. The fourth-order valence-corrected chi connectivity index (χ4v) is 10.6. The zero-order valence-corrected chi connectivity index (χ0v) is 34.4. The molecule has 0 saturated heterocycles. The lowest BCUT2D eigenvalue weighted by molar-refractivity contribution is 0.659. The van der Waals surface area contributed by atoms with Crippen molar-refractivity contribution >= 4 is 55.0 Å². The molecule has 0 radical (unpaired) electrons. The van der Waals surface area contributed by atoms with Gasteiger partial charge in [0.25, 0.3) is 0 Å². The van der Waals surface area contributed by atoms with Crippen LogP contribution in [0.2, 0.25) is 0 Å². The van der Waals surface area contributed by atoms with Gasteiger partial charge in [-0.1, -0.05) is 141 Å². The minimum Gasteiger partial charge on any atom is -0.317 e. The third-order valence-corrected chi connectivity index (χ3v) is 13.4. The number of aromatic nitrogens is 3. The molecule has 0 saturated carbocycles. The van der Waals surface area contributed by atoms with E-state index >= 15 is 0 Å². The summed E-state index contributed by atoms with van der Waals surface area (Å²) < 4.78 is 4.99. The first-order chi connectivity index (χ1) is 30.5. The molecule has 4 nitrogen and oxygen atoms in total. The smallest absolute Gasteiger partial charge is 0.0786 e. The predicted molar refractivity (Wildman–Crippen MR) is 259 cm³/mol. The van der Waals surface area contributed by atoms with Crippen LogP contribution in [0.4, 0.5) is 11.4 Å². The van der Waals surface area contributed by atoms with Crippen molar-refractivity contribution in [3.8, 4) is 56.0 Å². The van der Waals surface area contributed by atoms with Crippen LogP contribution in [-0.4, -0.2) is 14.1 Å². The molecule has 0 atom stereocenters. The van der Waals surface area contributed by atoms with Gasteiger partial charge in [0, 0.05) is 67.3 Å². The van der Waals surface area contributed by atoms with Gasteiger partial charge < -0.3 is 14.0 Å². The molecule has 13 rings (SSSR count). The summed E-state index contributed by atoms with van der Waals surface area (Å²) in [5, 5.41) is 4.94. The number of hydrogen-bond acceptors (Lipinski definition) is 2. The molecule has 1 aliphatic heterocycles. The van der Waals surface area contributed by atoms with Crippen molar-refractivity contribution in [2.45, 2.75) is 19.3 Å². The first kappa shape index (κ1) is 34.9. The molecule has 8 aromatic carbocycles. The largest absolute Gasteiger partial charge is 0.317 e. The van der Waals surface area contributed by atoms with Crippen LogP contribution in [0.1, 0.15) is 19.4 Å². The Balaban J connectivity index is 1.24. The Morgan fingerprint density at radius 2 is 0.887 bits per heavy atom. The second-order valence-corrected chi connectivity index (χ2v) is 17.2. The third kappa shape index (κ3) is 4.86. The molecule has 0 spiro atoms. The SMILES string of the molecule is CC1(C)C=CN(c2ccccc2)c2cc3c(cc21)-c1ncccc1-c1cccc(-n2c4ccccc4c4ccccc42)c1-c1c-3cccc1-n1c2ccccc2c2ccccc21. The van der Waals surface area contributed by atoms with Crippen LogP contribution < -0.4 is 4.90 Å². The first-order valence-corrected chi connectivity index (χ1v) is 21.5. The Labute approximate surface area is 359 Å². The van der Waals surface area contributed by atoms with E-state index in [1.54, 1.807) is 0 Å². The summed E-state index contributed by atoms with van der Waals surface area (Å²) >= 11 is 0. The summed E-state index contributed by atoms with van der Waals surface area (Å²) in [5.41, 5.74) is 19.3. The van der Waals surface area contributed by atoms with Crippen molar-refractivity contribution in [2.75, 3.05) is 4.90 Å². The molecule has 0 amide bonds. The summed E-state index contributed by atoms with van der Waals surface area (Å²) in [6.07, 6.45) is 6.54. The highest BCUT2D eigenvalue weighted by Gasteiger charge is 2.34. The summed E-state index contributed by atoms with van der Waals surface area (Å²) in [5.74, 6) is 0. The topological polar surface area (TPSA) is 26.0 Å². The van der Waals surface area contributed by atoms with Gasteiger partial charge in [-0.05, 0) is 89.0 Å². The first-order valence-electron chi connectivity index (χ1n) is 21.5. The number of hydrogen-bond donors (Lipinski definition) is 0. The molecule has 0 N–H and O–H groups in total. The maximum Gasteiger partial charge on any atom is 0.0786 e. The number of allylic oxidation sites excluding steroid dienone is 1.